The highest BCUT2D eigenvalue weighted by molar-refractivity contribution is 6.73. The van der Waals surface area contributed by atoms with Gasteiger partial charge >= 0.3 is 23.9 Å². The SMILES string of the molecule is CC[Si](CC)(CC)OC(c1ccoc1)C1(C)CCC23OC4(C)OC25C1CC(=O)OC5C1(OC(C)=O)C(OC(C)=O)C2(C)CC1(O4)C3(C)C2CC(=O)OC. The maximum atomic E-state index is 14.4. The summed E-state index contributed by atoms with van der Waals surface area (Å²) in [6, 6.07) is 4.62. The molecular weight excluding hydrogens is 705 g/mol. The molecule has 0 amide bonds. The van der Waals surface area contributed by atoms with Crippen LogP contribution in [0.25, 0.3) is 0 Å². The molecule has 1 aromatic rings. The van der Waals surface area contributed by atoms with Crippen LogP contribution in [0, 0.1) is 28.1 Å². The van der Waals surface area contributed by atoms with Crippen molar-refractivity contribution in [3.05, 3.63) is 24.2 Å². The molecule has 3 aliphatic heterocycles. The molecule has 0 aromatic carbocycles. The quantitative estimate of drug-likeness (QED) is 0.150. The number of methoxy groups -OCH3 is 1. The van der Waals surface area contributed by atoms with Crippen molar-refractivity contribution in [2.45, 2.75) is 159 Å². The van der Waals surface area contributed by atoms with Gasteiger partial charge in [-0.15, -0.1) is 0 Å². The molecule has 4 saturated carbocycles. The van der Waals surface area contributed by atoms with Gasteiger partial charge in [0.05, 0.1) is 32.2 Å². The lowest BCUT2D eigenvalue weighted by Gasteiger charge is -2.77. The van der Waals surface area contributed by atoms with Gasteiger partial charge in [0.2, 0.25) is 5.60 Å². The fourth-order valence-corrected chi connectivity index (χ4v) is 16.8. The van der Waals surface area contributed by atoms with Gasteiger partial charge in [0.25, 0.3) is 5.97 Å². The predicted molar refractivity (Wildman–Crippen MR) is 186 cm³/mol. The summed E-state index contributed by atoms with van der Waals surface area (Å²) in [7, 11) is -0.966. The molecule has 4 aliphatic carbocycles. The number of hydrogen-bond donors (Lipinski definition) is 0. The second-order valence-corrected chi connectivity index (χ2v) is 22.4. The fraction of sp³-hybridized carbons (Fsp3) is 0.795. The molecule has 13 unspecified atom stereocenters. The summed E-state index contributed by atoms with van der Waals surface area (Å²) < 4.78 is 59.8. The topological polar surface area (TPSA) is 155 Å². The maximum Gasteiger partial charge on any atom is 0.306 e. The predicted octanol–water partition coefficient (Wildman–Crippen LogP) is 5.90. The molecule has 292 valence electrons. The maximum absolute atomic E-state index is 14.4. The van der Waals surface area contributed by atoms with Gasteiger partial charge in [0.1, 0.15) is 16.8 Å². The molecular formula is C39H54O13Si. The number of carbonyl (C=O) groups is 4. The third-order valence-corrected chi connectivity index (χ3v) is 20.4. The van der Waals surface area contributed by atoms with Crippen molar-refractivity contribution >= 4 is 32.2 Å². The second-order valence-electron chi connectivity index (χ2n) is 17.6. The Morgan fingerprint density at radius 2 is 1.64 bits per heavy atom. The molecule has 3 saturated heterocycles. The second kappa shape index (κ2) is 11.2. The van der Waals surface area contributed by atoms with E-state index < -0.39 is 107 Å². The van der Waals surface area contributed by atoms with Crippen molar-refractivity contribution in [1.82, 2.24) is 0 Å². The van der Waals surface area contributed by atoms with Gasteiger partial charge in [-0.05, 0) is 49.4 Å². The smallest absolute Gasteiger partial charge is 0.306 e. The average Bonchev–Trinajstić information content (AvgIpc) is 3.79. The van der Waals surface area contributed by atoms with Crippen LogP contribution in [0.1, 0.15) is 106 Å². The number of carbonyl (C=O) groups excluding carboxylic acids is 4. The third-order valence-electron chi connectivity index (χ3n) is 15.8. The minimum absolute atomic E-state index is 0.0504. The first-order chi connectivity index (χ1) is 24.8. The van der Waals surface area contributed by atoms with Crippen LogP contribution in [0.15, 0.2) is 23.0 Å². The summed E-state index contributed by atoms with van der Waals surface area (Å²) in [5.41, 5.74) is -8.18. The van der Waals surface area contributed by atoms with Gasteiger partial charge in [-0.1, -0.05) is 41.5 Å². The number of rotatable bonds is 11. The molecule has 13 nitrogen and oxygen atoms in total. The molecule has 7 aliphatic rings. The van der Waals surface area contributed by atoms with E-state index in [1.165, 1.54) is 21.0 Å². The Balaban J connectivity index is 1.45. The number of hydrogen-bond acceptors (Lipinski definition) is 13. The molecule has 8 rings (SSSR count). The zero-order valence-electron chi connectivity index (χ0n) is 32.6. The first-order valence-electron chi connectivity index (χ1n) is 19.3. The van der Waals surface area contributed by atoms with Crippen LogP contribution in [0.2, 0.25) is 18.1 Å². The first kappa shape index (κ1) is 37.2. The van der Waals surface area contributed by atoms with E-state index in [1.807, 2.05) is 19.9 Å². The number of furan rings is 1. The molecule has 1 aromatic heterocycles. The molecule has 14 heteroatoms. The molecule has 3 spiro atoms. The molecule has 13 atom stereocenters. The van der Waals surface area contributed by atoms with E-state index in [0.29, 0.717) is 12.8 Å². The summed E-state index contributed by atoms with van der Waals surface area (Å²) >= 11 is 0. The van der Waals surface area contributed by atoms with Crippen LogP contribution in [0.4, 0.5) is 0 Å². The van der Waals surface area contributed by atoms with Crippen LogP contribution in [-0.4, -0.2) is 79.9 Å². The lowest BCUT2D eigenvalue weighted by atomic mass is 9.33. The standard InChI is InChI=1S/C39H54O13Si/c1-11-53(12-2,13-3)49-29(24-14-17-45-20-24)32(6)15-16-36-34(8)25(18-27(42)44-10)33(7)21-37(34)39(48-23(5)41,30(33)46-22(4)40)31-38(36,26(32)19-28(43)47-31)52-35(9,50-36)51-37/h14,17,20,25-26,29-31H,11-13,15-16,18-19,21H2,1-10H3. The van der Waals surface area contributed by atoms with Crippen LogP contribution < -0.4 is 0 Å². The van der Waals surface area contributed by atoms with Crippen molar-refractivity contribution < 1.29 is 61.2 Å². The average molecular weight is 759 g/mol. The Labute approximate surface area is 311 Å². The molecule has 7 fully saturated rings. The summed E-state index contributed by atoms with van der Waals surface area (Å²) in [5.74, 6) is -5.14. The monoisotopic (exact) mass is 758 g/mol. The molecule has 4 bridgehead atoms. The lowest BCUT2D eigenvalue weighted by molar-refractivity contribution is -0.478. The molecule has 4 heterocycles. The van der Waals surface area contributed by atoms with Crippen LogP contribution in [-0.2, 0) is 56.8 Å². The molecule has 53 heavy (non-hydrogen) atoms. The van der Waals surface area contributed by atoms with E-state index in [-0.39, 0.29) is 19.3 Å². The van der Waals surface area contributed by atoms with Gasteiger partial charge in [-0.3, -0.25) is 19.2 Å². The Morgan fingerprint density at radius 3 is 2.23 bits per heavy atom. The number of fused-ring (bicyclic) bond motifs is 3. The molecule has 0 N–H and O–H groups in total. The highest BCUT2D eigenvalue weighted by atomic mass is 28.4. The van der Waals surface area contributed by atoms with E-state index in [4.69, 9.17) is 42.0 Å². The van der Waals surface area contributed by atoms with Gasteiger partial charge in [0.15, 0.2) is 20.5 Å². The van der Waals surface area contributed by atoms with Crippen molar-refractivity contribution in [1.29, 1.82) is 0 Å². The van der Waals surface area contributed by atoms with E-state index in [1.54, 1.807) is 19.5 Å². The summed E-state index contributed by atoms with van der Waals surface area (Å²) in [5, 5.41) is 0. The normalized spacial score (nSPS) is 47.5. The highest BCUT2D eigenvalue weighted by Crippen LogP contribution is 2.90. The van der Waals surface area contributed by atoms with Crippen LogP contribution in [0.5, 0.6) is 0 Å². The van der Waals surface area contributed by atoms with Crippen molar-refractivity contribution in [3.63, 3.8) is 0 Å². The highest BCUT2D eigenvalue weighted by Gasteiger charge is 3.05. The van der Waals surface area contributed by atoms with E-state index in [9.17, 15) is 19.2 Å². The van der Waals surface area contributed by atoms with Gasteiger partial charge < -0.3 is 42.0 Å². The van der Waals surface area contributed by atoms with Gasteiger partial charge in [-0.25, -0.2) is 0 Å². The fourth-order valence-electron chi connectivity index (χ4n) is 13.9. The minimum Gasteiger partial charge on any atom is -0.472 e. The Morgan fingerprint density at radius 1 is 0.962 bits per heavy atom. The van der Waals surface area contributed by atoms with E-state index >= 15 is 0 Å². The van der Waals surface area contributed by atoms with Crippen molar-refractivity contribution in [3.8, 4) is 0 Å². The van der Waals surface area contributed by atoms with Crippen molar-refractivity contribution in [2.75, 3.05) is 7.11 Å². The van der Waals surface area contributed by atoms with Crippen molar-refractivity contribution in [2.24, 2.45) is 28.1 Å². The first-order valence-corrected chi connectivity index (χ1v) is 21.8. The zero-order valence-corrected chi connectivity index (χ0v) is 33.6. The number of esters is 4. The Kier molecular flexibility index (Phi) is 7.83. The number of ether oxygens (including phenoxy) is 7. The van der Waals surface area contributed by atoms with Gasteiger partial charge in [0, 0.05) is 54.9 Å². The van der Waals surface area contributed by atoms with Crippen LogP contribution in [0.3, 0.4) is 0 Å². The summed E-state index contributed by atoms with van der Waals surface area (Å²) in [6.45, 7) is 17.0. The Hall–Kier alpha value is -2.78. The lowest BCUT2D eigenvalue weighted by Crippen LogP contribution is -2.94. The zero-order chi connectivity index (χ0) is 38.4. The largest absolute Gasteiger partial charge is 0.472 e. The van der Waals surface area contributed by atoms with Crippen LogP contribution >= 0.6 is 0 Å². The minimum atomic E-state index is -2.31. The Bertz CT molecular complexity index is 1740. The third kappa shape index (κ3) is 3.97. The summed E-state index contributed by atoms with van der Waals surface area (Å²) in [6.07, 6.45) is 1.42. The summed E-state index contributed by atoms with van der Waals surface area (Å²) in [4.78, 5) is 54.6. The molecule has 0 radical (unpaired) electrons. The van der Waals surface area contributed by atoms with E-state index in [0.717, 1.165) is 23.7 Å². The van der Waals surface area contributed by atoms with Gasteiger partial charge in [-0.2, -0.15) is 0 Å². The van der Waals surface area contributed by atoms with E-state index in [2.05, 4.69) is 27.7 Å².